The fourth-order valence-electron chi connectivity index (χ4n) is 5.52. The van der Waals surface area contributed by atoms with Gasteiger partial charge in [0.15, 0.2) is 17.6 Å². The van der Waals surface area contributed by atoms with Crippen LogP contribution in [0.15, 0.2) is 71.5 Å². The van der Waals surface area contributed by atoms with Crippen LogP contribution in [0.4, 0.5) is 26.3 Å². The van der Waals surface area contributed by atoms with Gasteiger partial charge in [0.05, 0.1) is 25.7 Å². The van der Waals surface area contributed by atoms with E-state index < -0.39 is 35.5 Å². The van der Waals surface area contributed by atoms with Gasteiger partial charge in [-0.2, -0.15) is 0 Å². The second-order valence-electron chi connectivity index (χ2n) is 12.7. The lowest BCUT2D eigenvalue weighted by molar-refractivity contribution is -0.275. The number of thiophene rings is 2. The van der Waals surface area contributed by atoms with Crippen molar-refractivity contribution in [3.63, 3.8) is 0 Å². The third-order valence-corrected chi connectivity index (χ3v) is 11.5. The molecule has 0 bridgehead atoms. The largest absolute Gasteiger partial charge is 0.573 e. The van der Waals surface area contributed by atoms with Crippen molar-refractivity contribution in [1.82, 2.24) is 18.3 Å². The number of aldehydes is 2. The van der Waals surface area contributed by atoms with Crippen molar-refractivity contribution in [2.45, 2.75) is 65.3 Å². The summed E-state index contributed by atoms with van der Waals surface area (Å²) >= 11 is 5.37. The highest BCUT2D eigenvalue weighted by Gasteiger charge is 2.32. The maximum atomic E-state index is 12.9. The van der Waals surface area contributed by atoms with Gasteiger partial charge < -0.3 is 19.3 Å². The van der Waals surface area contributed by atoms with E-state index in [-0.39, 0.29) is 50.1 Å². The molecule has 2 aromatic carbocycles. The molecule has 0 saturated carbocycles. The molecule has 0 fully saturated rings. The summed E-state index contributed by atoms with van der Waals surface area (Å²) < 4.78 is 90.5. The van der Waals surface area contributed by atoms with E-state index in [0.29, 0.717) is 45.1 Å². The van der Waals surface area contributed by atoms with Crippen molar-refractivity contribution < 1.29 is 55.2 Å². The molecule has 328 valence electrons. The van der Waals surface area contributed by atoms with Crippen LogP contribution in [0.25, 0.3) is 20.4 Å². The molecular formula is C38H35BrF6N4O10S2. The molecule has 0 unspecified atom stereocenters. The summed E-state index contributed by atoms with van der Waals surface area (Å²) in [7, 11) is 3.09. The third kappa shape index (κ3) is 11.8. The van der Waals surface area contributed by atoms with Gasteiger partial charge in [-0.15, -0.1) is 37.7 Å². The smallest absolute Gasteiger partial charge is 0.508 e. The van der Waals surface area contributed by atoms with Crippen molar-refractivity contribution in [1.29, 1.82) is 0 Å². The van der Waals surface area contributed by atoms with E-state index in [1.54, 1.807) is 7.05 Å². The first-order valence-electron chi connectivity index (χ1n) is 17.8. The molecule has 0 spiro atoms. The van der Waals surface area contributed by atoms with Crippen molar-refractivity contribution in [3.8, 4) is 28.1 Å². The Hall–Kier alpha value is -5.68. The van der Waals surface area contributed by atoms with E-state index in [1.165, 1.54) is 56.4 Å². The Kier molecular flexibility index (Phi) is 15.9. The molecule has 4 heterocycles. The van der Waals surface area contributed by atoms with Crippen LogP contribution in [0.1, 0.15) is 60.2 Å². The Balaban J connectivity index is 0.000000224. The molecule has 0 radical (unpaired) electrons. The van der Waals surface area contributed by atoms with Gasteiger partial charge >= 0.3 is 24.1 Å². The normalized spacial score (nSPS) is 11.4. The van der Waals surface area contributed by atoms with Gasteiger partial charge in [0.2, 0.25) is 0 Å². The molecule has 61 heavy (non-hydrogen) atoms. The third-order valence-electron chi connectivity index (χ3n) is 8.34. The van der Waals surface area contributed by atoms with E-state index in [0.717, 1.165) is 59.4 Å². The van der Waals surface area contributed by atoms with Crippen molar-refractivity contribution in [3.05, 3.63) is 105 Å². The second kappa shape index (κ2) is 20.3. The van der Waals surface area contributed by atoms with Gasteiger partial charge in [0.1, 0.15) is 32.7 Å². The van der Waals surface area contributed by atoms with Gasteiger partial charge in [-0.05, 0) is 53.0 Å². The monoisotopic (exact) mass is 964 g/mol. The molecule has 0 atom stereocenters. The highest BCUT2D eigenvalue weighted by atomic mass is 79.9. The fourth-order valence-corrected chi connectivity index (χ4v) is 8.30. The van der Waals surface area contributed by atoms with Crippen LogP contribution in [0.2, 0.25) is 0 Å². The molecule has 0 aliphatic carbocycles. The molecule has 1 N–H and O–H groups in total. The van der Waals surface area contributed by atoms with Crippen LogP contribution >= 0.6 is 38.6 Å². The number of aryl methyl sites for hydroxylation is 2. The van der Waals surface area contributed by atoms with Crippen LogP contribution < -0.4 is 36.7 Å². The second-order valence-corrected chi connectivity index (χ2v) is 15.9. The zero-order chi connectivity index (χ0) is 45.4. The zero-order valence-corrected chi connectivity index (χ0v) is 35.6. The first-order valence-corrected chi connectivity index (χ1v) is 20.3. The molecule has 23 heteroatoms. The molecule has 0 aliphatic rings. The maximum absolute atomic E-state index is 12.9. The van der Waals surface area contributed by atoms with Gasteiger partial charge in [0.25, 0.3) is 11.1 Å². The summed E-state index contributed by atoms with van der Waals surface area (Å²) in [6.07, 6.45) is -5.48. The summed E-state index contributed by atoms with van der Waals surface area (Å²) in [6.45, 7) is 4.49. The summed E-state index contributed by atoms with van der Waals surface area (Å²) in [5.41, 5.74) is -1.59. The lowest BCUT2D eigenvalue weighted by atomic mass is 10.2. The molecule has 4 aromatic heterocycles. The number of aromatic nitrogens is 4. The number of rotatable bonds is 12. The van der Waals surface area contributed by atoms with Crippen LogP contribution in [0.3, 0.4) is 0 Å². The number of nitrogens with zero attached hydrogens (tertiary/aromatic N) is 4. The minimum atomic E-state index is -4.87. The van der Waals surface area contributed by atoms with E-state index in [2.05, 4.69) is 25.4 Å². The lowest BCUT2D eigenvalue weighted by Crippen LogP contribution is -2.38. The first-order chi connectivity index (χ1) is 28.7. The number of carbonyl (C=O) groups is 2. The van der Waals surface area contributed by atoms with Gasteiger partial charge in [-0.1, -0.05) is 50.2 Å². The van der Waals surface area contributed by atoms with Crippen LogP contribution in [-0.2, 0) is 27.2 Å². The number of alkyl halides is 6. The van der Waals surface area contributed by atoms with Crippen LogP contribution in [0.5, 0.6) is 28.1 Å². The first kappa shape index (κ1) is 48.0. The highest BCUT2D eigenvalue weighted by molar-refractivity contribution is 9.11. The van der Waals surface area contributed by atoms with E-state index in [1.807, 2.05) is 13.8 Å². The summed E-state index contributed by atoms with van der Waals surface area (Å²) in [4.78, 5) is 73.5. The number of halogens is 7. The Bertz CT molecular complexity index is 2790. The maximum Gasteiger partial charge on any atom is 0.573 e. The summed E-state index contributed by atoms with van der Waals surface area (Å²) in [5.74, 6) is -1.22. The average molecular weight is 966 g/mol. The van der Waals surface area contributed by atoms with Crippen molar-refractivity contribution >= 4 is 71.6 Å². The fraction of sp³-hybridized carbons (Fsp3) is 0.316. The Morgan fingerprint density at radius 2 is 1.13 bits per heavy atom. The number of unbranched alkanes of at least 4 members (excludes halogenated alkanes) is 2. The number of hydrogen-bond acceptors (Lipinski definition) is 12. The number of benzene rings is 2. The average Bonchev–Trinajstić information content (AvgIpc) is 3.72. The lowest BCUT2D eigenvalue weighted by Gasteiger charge is -2.10. The number of carbonyl (C=O) groups excluding carboxylic acids is 2. The number of phenols is 1. The molecule has 0 amide bonds. The zero-order valence-electron chi connectivity index (χ0n) is 32.4. The van der Waals surface area contributed by atoms with Gasteiger partial charge in [-0.3, -0.25) is 37.4 Å². The van der Waals surface area contributed by atoms with Crippen molar-refractivity contribution in [2.75, 3.05) is 0 Å². The van der Waals surface area contributed by atoms with Crippen molar-refractivity contribution in [2.24, 2.45) is 14.1 Å². The molecule has 0 saturated heterocycles. The molecule has 6 rings (SSSR count). The van der Waals surface area contributed by atoms with Gasteiger partial charge in [0, 0.05) is 39.3 Å². The molecular weight excluding hydrogens is 930 g/mol. The predicted octanol–water partition coefficient (Wildman–Crippen LogP) is 8.49. The number of aromatic hydroxyl groups is 1. The minimum Gasteiger partial charge on any atom is -0.508 e. The Morgan fingerprint density at radius 1 is 0.689 bits per heavy atom. The number of hydrogen-bond donors (Lipinski definition) is 1. The standard InChI is InChI=1S/C19H17F3N2O5S.C12H13BrN2O3S.C7H5F3O2/c1-3-4-8-24-15(26)14-13(10-25)17(30-16(14)23(2)18(24)27)28-11-6-5-7-12(9-11)29-19(20,21)22;1-3-4-5-15-10(17)8-7(6-16)9(13)19-11(8)14(2)12(15)18;8-7(9,10)12-6-3-1-2-5(11)4-6/h5-7,9-10H,3-4,8H2,1-2H3;6H,3-5H2,1-2H3;1-4,11H. The van der Waals surface area contributed by atoms with Crippen LogP contribution in [0, 0.1) is 0 Å². The quantitative estimate of drug-likeness (QED) is 0.0927. The molecule has 14 nitrogen and oxygen atoms in total. The van der Waals surface area contributed by atoms with E-state index >= 15 is 0 Å². The molecule has 0 aliphatic heterocycles. The highest BCUT2D eigenvalue weighted by Crippen LogP contribution is 2.38. The minimum absolute atomic E-state index is 0.00972. The van der Waals surface area contributed by atoms with Crippen LogP contribution in [-0.4, -0.2) is 48.7 Å². The van der Waals surface area contributed by atoms with Gasteiger partial charge in [-0.25, -0.2) is 9.59 Å². The Morgan fingerprint density at radius 3 is 1.59 bits per heavy atom. The Labute approximate surface area is 356 Å². The number of ether oxygens (including phenoxy) is 3. The summed E-state index contributed by atoms with van der Waals surface area (Å²) in [5, 5.41) is 9.11. The predicted molar refractivity (Wildman–Crippen MR) is 219 cm³/mol. The topological polar surface area (TPSA) is 170 Å². The molecule has 6 aromatic rings. The van der Waals surface area contributed by atoms with E-state index in [9.17, 15) is 55.1 Å². The number of phenolic OH excluding ortho intramolecular Hbond substituents is 1. The van der Waals surface area contributed by atoms with E-state index in [4.69, 9.17) is 9.84 Å². The SMILES string of the molecule is CCCCn1c(=O)c2c(C=O)c(Br)sc2n(C)c1=O.CCCCn1c(=O)c2c(C=O)c(Oc3cccc(OC(F)(F)F)c3)sc2n(C)c1=O.Oc1cccc(OC(F)(F)F)c1. The number of fused-ring (bicyclic) bond motifs is 2. The summed E-state index contributed by atoms with van der Waals surface area (Å²) in [6, 6.07) is 9.27.